The minimum atomic E-state index is 0.689. The van der Waals surface area contributed by atoms with Crippen molar-refractivity contribution in [3.8, 4) is 73.2 Å². The summed E-state index contributed by atoms with van der Waals surface area (Å²) >= 11 is 1.83. The molecule has 0 radical (unpaired) electrons. The fraction of sp³-hybridized carbons (Fsp3) is 0. The van der Waals surface area contributed by atoms with Crippen LogP contribution in [0.3, 0.4) is 0 Å². The normalized spacial score (nSPS) is 11.5. The van der Waals surface area contributed by atoms with Crippen molar-refractivity contribution in [2.45, 2.75) is 0 Å². The average Bonchev–Trinajstić information content (AvgIpc) is 3.90. The quantitative estimate of drug-likeness (QED) is 0.161. The van der Waals surface area contributed by atoms with Crippen LogP contribution in [0.1, 0.15) is 0 Å². The van der Waals surface area contributed by atoms with E-state index >= 15 is 0 Å². The Kier molecular flexibility index (Phi) is 8.61. The van der Waals surface area contributed by atoms with Crippen molar-refractivity contribution in [1.29, 1.82) is 0 Å². The van der Waals surface area contributed by atoms with Gasteiger partial charge in [-0.2, -0.15) is 0 Å². The van der Waals surface area contributed by atoms with E-state index in [1.54, 1.807) is 0 Å². The molecule has 0 spiro atoms. The van der Waals surface area contributed by atoms with Gasteiger partial charge < -0.3 is 4.57 Å². The molecular weight excluding hydrogens is 775 g/mol. The highest BCUT2D eigenvalue weighted by atomic mass is 32.1. The summed E-state index contributed by atoms with van der Waals surface area (Å²) in [6, 6.07) is 70.7. The highest BCUT2D eigenvalue weighted by Gasteiger charge is 2.24. The summed E-state index contributed by atoms with van der Waals surface area (Å²) in [5.41, 5.74) is 13.7. The molecule has 0 bridgehead atoms. The second-order valence-electron chi connectivity index (χ2n) is 15.4. The van der Waals surface area contributed by atoms with Crippen molar-refractivity contribution >= 4 is 53.3 Å². The van der Waals surface area contributed by atoms with E-state index in [1.807, 2.05) is 66.2 Å². The number of fused-ring (bicyclic) bond motifs is 7. The number of hydrogen-bond acceptors (Lipinski definition) is 5. The monoisotopic (exact) mass is 809 g/mol. The molecule has 12 rings (SSSR count). The number of hydrogen-bond donors (Lipinski definition) is 0. The van der Waals surface area contributed by atoms with Gasteiger partial charge in [-0.15, -0.1) is 11.3 Å². The molecule has 0 fully saturated rings. The molecule has 62 heavy (non-hydrogen) atoms. The lowest BCUT2D eigenvalue weighted by Gasteiger charge is -2.13. The summed E-state index contributed by atoms with van der Waals surface area (Å²) in [6.45, 7) is 0. The molecule has 0 saturated heterocycles. The summed E-state index contributed by atoms with van der Waals surface area (Å²) in [5, 5.41) is 4.84. The molecular formula is C56H35N5S. The van der Waals surface area contributed by atoms with E-state index in [9.17, 15) is 0 Å². The third kappa shape index (κ3) is 6.16. The van der Waals surface area contributed by atoms with Crippen molar-refractivity contribution in [3.05, 3.63) is 213 Å². The van der Waals surface area contributed by atoms with E-state index < -0.39 is 0 Å². The van der Waals surface area contributed by atoms with Crippen LogP contribution in [0.4, 0.5) is 0 Å². The van der Waals surface area contributed by atoms with Gasteiger partial charge in [0, 0.05) is 71.3 Å². The van der Waals surface area contributed by atoms with E-state index in [0.717, 1.165) is 50.4 Å². The van der Waals surface area contributed by atoms with Crippen LogP contribution >= 0.6 is 11.3 Å². The minimum Gasteiger partial charge on any atom is -0.308 e. The summed E-state index contributed by atoms with van der Waals surface area (Å²) < 4.78 is 4.85. The molecule has 5 nitrogen and oxygen atoms in total. The zero-order valence-electron chi connectivity index (χ0n) is 33.4. The molecule has 0 aliphatic rings. The predicted molar refractivity (Wildman–Crippen MR) is 257 cm³/mol. The molecule has 0 unspecified atom stereocenters. The molecule has 0 atom stereocenters. The number of nitrogens with zero attached hydrogens (tertiary/aromatic N) is 5. The van der Waals surface area contributed by atoms with Gasteiger partial charge in [0.1, 0.15) is 0 Å². The number of thiophene rings is 1. The van der Waals surface area contributed by atoms with E-state index in [-0.39, 0.29) is 0 Å². The zero-order valence-corrected chi connectivity index (χ0v) is 34.2. The van der Waals surface area contributed by atoms with Gasteiger partial charge in [-0.05, 0) is 76.9 Å². The predicted octanol–water partition coefficient (Wildman–Crippen LogP) is 14.7. The van der Waals surface area contributed by atoms with Gasteiger partial charge in [0.25, 0.3) is 0 Å². The van der Waals surface area contributed by atoms with E-state index in [0.29, 0.717) is 11.6 Å². The largest absolute Gasteiger partial charge is 0.308 e. The van der Waals surface area contributed by atoms with Crippen molar-refractivity contribution in [3.63, 3.8) is 0 Å². The summed E-state index contributed by atoms with van der Waals surface area (Å²) in [6.07, 6.45) is 3.67. The van der Waals surface area contributed by atoms with Crippen LogP contribution in [0, 0.1) is 0 Å². The molecule has 0 amide bonds. The van der Waals surface area contributed by atoms with E-state index in [2.05, 4.69) is 162 Å². The Morgan fingerprint density at radius 3 is 1.53 bits per heavy atom. The van der Waals surface area contributed by atoms with Crippen LogP contribution in [0.2, 0.25) is 0 Å². The molecule has 8 aromatic carbocycles. The summed E-state index contributed by atoms with van der Waals surface area (Å²) in [7, 11) is 0. The molecule has 4 aromatic heterocycles. The molecule has 6 heteroatoms. The third-order valence-electron chi connectivity index (χ3n) is 11.7. The Bertz CT molecular complexity index is 3530. The Morgan fingerprint density at radius 1 is 0.371 bits per heavy atom. The minimum absolute atomic E-state index is 0.689. The molecule has 12 aromatic rings. The van der Waals surface area contributed by atoms with E-state index in [4.69, 9.17) is 19.9 Å². The molecule has 0 saturated carbocycles. The summed E-state index contributed by atoms with van der Waals surface area (Å²) in [4.78, 5) is 19.9. The topological polar surface area (TPSA) is 56.5 Å². The zero-order chi connectivity index (χ0) is 41.0. The standard InChI is InChI=1S/C56H35N5S/c1-5-14-36(15-6-1)41-24-28-49-44(32-41)53-52-45-33-42(37-16-7-2-8-17-37)25-29-50(45)62-51(52)34-46(56-57-30-13-31-58-56)54(53)61(49)43-26-22-39(23-27-43)48-35-47(38-18-9-3-10-19-38)59-55(60-48)40-20-11-4-12-21-40/h1-35H. The first-order valence-corrected chi connectivity index (χ1v) is 21.5. The maximum atomic E-state index is 5.14. The van der Waals surface area contributed by atoms with Crippen LogP contribution in [0.5, 0.6) is 0 Å². The van der Waals surface area contributed by atoms with Crippen molar-refractivity contribution in [2.24, 2.45) is 0 Å². The maximum Gasteiger partial charge on any atom is 0.161 e. The lowest BCUT2D eigenvalue weighted by atomic mass is 9.97. The molecule has 0 aliphatic carbocycles. The van der Waals surface area contributed by atoms with Crippen LogP contribution < -0.4 is 0 Å². The SMILES string of the molecule is c1ccc(-c2ccc3sc4cc(-c5ncccn5)c5c(c6cc(-c7ccccc7)ccc6n5-c5ccc(-c6cc(-c7ccccc7)nc(-c7ccccc7)n6)cc5)c4c3c2)cc1. The summed E-state index contributed by atoms with van der Waals surface area (Å²) in [5.74, 6) is 1.38. The van der Waals surface area contributed by atoms with Crippen LogP contribution in [0.15, 0.2) is 213 Å². The first kappa shape index (κ1) is 35.8. The van der Waals surface area contributed by atoms with Gasteiger partial charge in [0.05, 0.1) is 22.4 Å². The second kappa shape index (κ2) is 14.9. The lowest BCUT2D eigenvalue weighted by Crippen LogP contribution is -1.98. The first-order chi connectivity index (χ1) is 30.7. The fourth-order valence-electron chi connectivity index (χ4n) is 8.82. The number of benzene rings is 8. The first-order valence-electron chi connectivity index (χ1n) is 20.7. The van der Waals surface area contributed by atoms with Crippen LogP contribution in [-0.4, -0.2) is 24.5 Å². The Balaban J connectivity index is 1.13. The van der Waals surface area contributed by atoms with Crippen molar-refractivity contribution in [2.75, 3.05) is 0 Å². The van der Waals surface area contributed by atoms with Gasteiger partial charge in [0.2, 0.25) is 0 Å². The van der Waals surface area contributed by atoms with Crippen molar-refractivity contribution in [1.82, 2.24) is 24.5 Å². The number of rotatable bonds is 7. The third-order valence-corrected chi connectivity index (χ3v) is 12.9. The van der Waals surface area contributed by atoms with Gasteiger partial charge >= 0.3 is 0 Å². The molecule has 290 valence electrons. The van der Waals surface area contributed by atoms with Crippen molar-refractivity contribution < 1.29 is 0 Å². The smallest absolute Gasteiger partial charge is 0.161 e. The highest BCUT2D eigenvalue weighted by Crippen LogP contribution is 2.48. The Morgan fingerprint density at radius 2 is 0.903 bits per heavy atom. The van der Waals surface area contributed by atoms with Gasteiger partial charge in [-0.3, -0.25) is 0 Å². The van der Waals surface area contributed by atoms with Gasteiger partial charge in [-0.25, -0.2) is 19.9 Å². The van der Waals surface area contributed by atoms with Gasteiger partial charge in [0.15, 0.2) is 11.6 Å². The van der Waals surface area contributed by atoms with Crippen LogP contribution in [0.25, 0.3) is 115 Å². The van der Waals surface area contributed by atoms with Gasteiger partial charge in [-0.1, -0.05) is 146 Å². The molecule has 0 aliphatic heterocycles. The lowest BCUT2D eigenvalue weighted by molar-refractivity contribution is 1.15. The second-order valence-corrected chi connectivity index (χ2v) is 16.5. The Hall–Kier alpha value is -8.06. The number of aromatic nitrogens is 5. The average molecular weight is 810 g/mol. The molecule has 4 heterocycles. The van der Waals surface area contributed by atoms with Crippen LogP contribution in [-0.2, 0) is 0 Å². The van der Waals surface area contributed by atoms with E-state index in [1.165, 1.54) is 53.2 Å². The highest BCUT2D eigenvalue weighted by molar-refractivity contribution is 7.26. The molecule has 0 N–H and O–H groups in total. The maximum absolute atomic E-state index is 5.14. The Labute approximate surface area is 361 Å². The fourth-order valence-corrected chi connectivity index (χ4v) is 9.96.